The number of benzene rings is 1. The molecule has 0 aliphatic rings. The Kier molecular flexibility index (Phi) is 5.79. The fraction of sp³-hybridized carbons (Fsp3) is 0.250. The van der Waals surface area contributed by atoms with Crippen molar-refractivity contribution in [1.29, 1.82) is 0 Å². The number of nitrogens with zero attached hydrogens (tertiary/aromatic N) is 3. The normalized spacial score (nSPS) is 10.7. The molecule has 0 bridgehead atoms. The number of hydrogen-bond acceptors (Lipinski definition) is 7. The lowest BCUT2D eigenvalue weighted by Crippen LogP contribution is -2.13. The number of anilines is 1. The van der Waals surface area contributed by atoms with E-state index in [0.717, 1.165) is 0 Å². The summed E-state index contributed by atoms with van der Waals surface area (Å²) in [6.45, 7) is 0. The average Bonchev–Trinajstić information content (AvgIpc) is 3.10. The molecule has 0 saturated heterocycles. The Hall–Kier alpha value is -2.52. The number of methoxy groups -OCH3 is 2. The molecule has 3 aromatic rings. The van der Waals surface area contributed by atoms with E-state index in [1.165, 1.54) is 18.1 Å². The molecule has 2 aromatic heterocycles. The number of ether oxygens (including phenoxy) is 2. The van der Waals surface area contributed by atoms with Gasteiger partial charge in [-0.3, -0.25) is 4.79 Å². The summed E-state index contributed by atoms with van der Waals surface area (Å²) in [7, 11) is 3.11. The van der Waals surface area contributed by atoms with Gasteiger partial charge in [0.05, 0.1) is 26.2 Å². The van der Waals surface area contributed by atoms with Gasteiger partial charge in [0.25, 0.3) is 0 Å². The van der Waals surface area contributed by atoms with Crippen molar-refractivity contribution in [2.45, 2.75) is 11.4 Å². The van der Waals surface area contributed by atoms with Crippen molar-refractivity contribution in [3.8, 4) is 11.5 Å². The summed E-state index contributed by atoms with van der Waals surface area (Å²) in [5, 5.41) is 3.61. The molecule has 0 unspecified atom stereocenters. The molecule has 0 aliphatic carbocycles. The van der Waals surface area contributed by atoms with Crippen LogP contribution in [-0.2, 0) is 4.79 Å². The molecule has 136 valence electrons. The number of thioether (sulfide) groups is 1. The summed E-state index contributed by atoms with van der Waals surface area (Å²) in [6.07, 6.45) is 1.81. The summed E-state index contributed by atoms with van der Waals surface area (Å²) in [5.41, 5.74) is 1.76. The van der Waals surface area contributed by atoms with Crippen LogP contribution in [0.5, 0.6) is 11.5 Å². The summed E-state index contributed by atoms with van der Waals surface area (Å²) < 4.78 is 10.4. The van der Waals surface area contributed by atoms with Gasteiger partial charge < -0.3 is 19.8 Å². The van der Waals surface area contributed by atoms with E-state index in [0.29, 0.717) is 39.1 Å². The zero-order valence-corrected chi connectivity index (χ0v) is 15.6. The van der Waals surface area contributed by atoms with Gasteiger partial charge in [-0.2, -0.15) is 4.98 Å². The standard InChI is InChI=1S/C16H16ClN5O3S/c1-24-9-3-4-11(25-2)10(7-9)20-12(23)5-6-26-15-13-14(19-8-18-13)21-16(17)22-15/h3-4,7-8H,5-6H2,1-2H3,(H,20,23)(H,18,19,21,22). The highest BCUT2D eigenvalue weighted by molar-refractivity contribution is 7.99. The molecule has 3 rings (SSSR count). The van der Waals surface area contributed by atoms with Crippen LogP contribution in [-0.4, -0.2) is 45.8 Å². The van der Waals surface area contributed by atoms with Crippen LogP contribution in [0.4, 0.5) is 5.69 Å². The molecule has 0 spiro atoms. The van der Waals surface area contributed by atoms with Crippen molar-refractivity contribution in [2.75, 3.05) is 25.3 Å². The van der Waals surface area contributed by atoms with E-state index in [4.69, 9.17) is 21.1 Å². The fourth-order valence-corrected chi connectivity index (χ4v) is 3.39. The third-order valence-electron chi connectivity index (χ3n) is 3.47. The highest BCUT2D eigenvalue weighted by atomic mass is 35.5. The molecule has 0 saturated carbocycles. The maximum absolute atomic E-state index is 12.3. The van der Waals surface area contributed by atoms with Crippen molar-refractivity contribution >= 4 is 46.1 Å². The minimum absolute atomic E-state index is 0.123. The number of carbonyl (C=O) groups is 1. The molecule has 0 radical (unpaired) electrons. The first-order chi connectivity index (χ1) is 12.6. The topological polar surface area (TPSA) is 102 Å². The van der Waals surface area contributed by atoms with E-state index in [1.54, 1.807) is 32.4 Å². The minimum atomic E-state index is -0.148. The van der Waals surface area contributed by atoms with Crippen LogP contribution in [0, 0.1) is 0 Å². The number of aromatic amines is 1. The van der Waals surface area contributed by atoms with Gasteiger partial charge >= 0.3 is 0 Å². The minimum Gasteiger partial charge on any atom is -0.497 e. The summed E-state index contributed by atoms with van der Waals surface area (Å²) in [6, 6.07) is 5.21. The van der Waals surface area contributed by atoms with Gasteiger partial charge in [0, 0.05) is 18.2 Å². The number of rotatable bonds is 7. The van der Waals surface area contributed by atoms with Crippen LogP contribution in [0.15, 0.2) is 29.6 Å². The lowest BCUT2D eigenvalue weighted by molar-refractivity contribution is -0.115. The fourth-order valence-electron chi connectivity index (χ4n) is 2.25. The third kappa shape index (κ3) is 4.17. The monoisotopic (exact) mass is 393 g/mol. The first kappa shape index (κ1) is 18.3. The first-order valence-corrected chi connectivity index (χ1v) is 8.98. The number of imidazole rings is 1. The Balaban J connectivity index is 1.62. The van der Waals surface area contributed by atoms with Crippen molar-refractivity contribution in [1.82, 2.24) is 19.9 Å². The quantitative estimate of drug-likeness (QED) is 0.361. The zero-order valence-electron chi connectivity index (χ0n) is 14.1. The van der Waals surface area contributed by atoms with E-state index < -0.39 is 0 Å². The molecule has 1 aromatic carbocycles. The maximum Gasteiger partial charge on any atom is 0.225 e. The molecular formula is C16H16ClN5O3S. The summed E-state index contributed by atoms with van der Waals surface area (Å²) in [5.74, 6) is 1.56. The number of halogens is 1. The van der Waals surface area contributed by atoms with Crippen LogP contribution in [0.2, 0.25) is 5.28 Å². The number of nitrogens with one attached hydrogen (secondary N) is 2. The van der Waals surface area contributed by atoms with E-state index in [2.05, 4.69) is 25.3 Å². The second kappa shape index (κ2) is 8.24. The van der Waals surface area contributed by atoms with Gasteiger partial charge in [0.2, 0.25) is 11.2 Å². The Morgan fingerprint density at radius 1 is 1.31 bits per heavy atom. The predicted molar refractivity (Wildman–Crippen MR) is 100 cm³/mol. The largest absolute Gasteiger partial charge is 0.497 e. The highest BCUT2D eigenvalue weighted by Crippen LogP contribution is 2.29. The maximum atomic E-state index is 12.3. The van der Waals surface area contributed by atoms with E-state index in [1.807, 2.05) is 0 Å². The molecule has 10 heteroatoms. The zero-order chi connectivity index (χ0) is 18.5. The van der Waals surface area contributed by atoms with E-state index >= 15 is 0 Å². The van der Waals surface area contributed by atoms with Crippen molar-refractivity contribution in [2.24, 2.45) is 0 Å². The van der Waals surface area contributed by atoms with Crippen LogP contribution in [0.25, 0.3) is 11.2 Å². The highest BCUT2D eigenvalue weighted by Gasteiger charge is 2.12. The van der Waals surface area contributed by atoms with Crippen LogP contribution in [0.1, 0.15) is 6.42 Å². The van der Waals surface area contributed by atoms with Gasteiger partial charge in [-0.15, -0.1) is 11.8 Å². The Bertz CT molecular complexity index is 933. The van der Waals surface area contributed by atoms with E-state index in [-0.39, 0.29) is 17.6 Å². The van der Waals surface area contributed by atoms with Gasteiger partial charge in [-0.1, -0.05) is 0 Å². The molecule has 2 N–H and O–H groups in total. The molecule has 26 heavy (non-hydrogen) atoms. The number of carbonyl (C=O) groups excluding carboxylic acids is 1. The predicted octanol–water partition coefficient (Wildman–Crippen LogP) is 3.14. The lowest BCUT2D eigenvalue weighted by atomic mass is 10.2. The Morgan fingerprint density at radius 3 is 2.92 bits per heavy atom. The lowest BCUT2D eigenvalue weighted by Gasteiger charge is -2.11. The van der Waals surface area contributed by atoms with Crippen LogP contribution >= 0.6 is 23.4 Å². The third-order valence-corrected chi connectivity index (χ3v) is 4.62. The molecule has 0 fully saturated rings. The molecule has 0 atom stereocenters. The smallest absolute Gasteiger partial charge is 0.225 e. The number of aromatic nitrogens is 4. The first-order valence-electron chi connectivity index (χ1n) is 7.62. The number of H-pyrrole nitrogens is 1. The second-order valence-electron chi connectivity index (χ2n) is 5.11. The molecule has 8 nitrogen and oxygen atoms in total. The number of amides is 1. The SMILES string of the molecule is COc1ccc(OC)c(NC(=O)CCSc2nc(Cl)nc3nc[nH]c23)c1. The summed E-state index contributed by atoms with van der Waals surface area (Å²) >= 11 is 7.30. The molecule has 0 aliphatic heterocycles. The number of hydrogen-bond donors (Lipinski definition) is 2. The van der Waals surface area contributed by atoms with Gasteiger partial charge in [0.15, 0.2) is 5.65 Å². The molecule has 1 amide bonds. The van der Waals surface area contributed by atoms with Gasteiger partial charge in [-0.25, -0.2) is 9.97 Å². The van der Waals surface area contributed by atoms with Gasteiger partial charge in [-0.05, 0) is 23.7 Å². The summed E-state index contributed by atoms with van der Waals surface area (Å²) in [4.78, 5) is 27.5. The molecule has 2 heterocycles. The van der Waals surface area contributed by atoms with Crippen molar-refractivity contribution in [3.05, 3.63) is 29.8 Å². The Labute approximate surface area is 158 Å². The van der Waals surface area contributed by atoms with Crippen molar-refractivity contribution in [3.63, 3.8) is 0 Å². The Morgan fingerprint density at radius 2 is 2.15 bits per heavy atom. The number of fused-ring (bicyclic) bond motifs is 1. The van der Waals surface area contributed by atoms with Crippen LogP contribution in [0.3, 0.4) is 0 Å². The van der Waals surface area contributed by atoms with E-state index in [9.17, 15) is 4.79 Å². The van der Waals surface area contributed by atoms with Crippen LogP contribution < -0.4 is 14.8 Å². The average molecular weight is 394 g/mol. The second-order valence-corrected chi connectivity index (χ2v) is 6.53. The van der Waals surface area contributed by atoms with Crippen molar-refractivity contribution < 1.29 is 14.3 Å². The van der Waals surface area contributed by atoms with Gasteiger partial charge in [0.1, 0.15) is 22.0 Å². The molecular weight excluding hydrogens is 378 g/mol.